The van der Waals surface area contributed by atoms with Gasteiger partial charge in [0.1, 0.15) is 23.9 Å². The van der Waals surface area contributed by atoms with Crippen LogP contribution >= 0.6 is 0 Å². The van der Waals surface area contributed by atoms with E-state index in [-0.39, 0.29) is 43.4 Å². The summed E-state index contributed by atoms with van der Waals surface area (Å²) in [6.07, 6.45) is 2.86. The van der Waals surface area contributed by atoms with E-state index in [1.54, 1.807) is 25.3 Å². The second kappa shape index (κ2) is 16.8. The van der Waals surface area contributed by atoms with Gasteiger partial charge in [0, 0.05) is 30.1 Å². The van der Waals surface area contributed by atoms with Crippen LogP contribution in [-0.4, -0.2) is 75.6 Å². The third-order valence-corrected chi connectivity index (χ3v) is 7.82. The Morgan fingerprint density at radius 1 is 0.913 bits per heavy atom. The van der Waals surface area contributed by atoms with Crippen LogP contribution in [0.25, 0.3) is 10.9 Å². The number of nitrogens with two attached hydrogens (primary N) is 3. The summed E-state index contributed by atoms with van der Waals surface area (Å²) in [5.74, 6) is -3.55. The smallest absolute Gasteiger partial charge is 0.326 e. The molecule has 5 atom stereocenters. The number of fused-ring (bicyclic) bond motifs is 1. The minimum atomic E-state index is -1.19. The zero-order valence-corrected chi connectivity index (χ0v) is 26.0. The minimum absolute atomic E-state index is 0.0451. The first kappa shape index (κ1) is 35.4. The Kier molecular flexibility index (Phi) is 12.9. The van der Waals surface area contributed by atoms with E-state index in [1.807, 2.05) is 31.2 Å². The number of H-pyrrole nitrogens is 1. The maximum atomic E-state index is 13.8. The van der Waals surface area contributed by atoms with E-state index < -0.39 is 47.9 Å². The van der Waals surface area contributed by atoms with Gasteiger partial charge in [-0.15, -0.1) is 0 Å². The van der Waals surface area contributed by atoms with E-state index in [0.717, 1.165) is 16.5 Å². The lowest BCUT2D eigenvalue weighted by molar-refractivity contribution is -0.143. The zero-order chi connectivity index (χ0) is 33.8. The number of aliphatic imine (C=N–C) groups is 1. The number of hydrogen-bond acceptors (Lipinski definition) is 7. The second-order valence-corrected chi connectivity index (χ2v) is 11.3. The number of aromatic amines is 1. The van der Waals surface area contributed by atoms with E-state index in [2.05, 4.69) is 25.9 Å². The molecule has 0 fully saturated rings. The molecule has 46 heavy (non-hydrogen) atoms. The predicted octanol–water partition coefficient (Wildman–Crippen LogP) is 0.625. The van der Waals surface area contributed by atoms with Gasteiger partial charge in [-0.25, -0.2) is 4.79 Å². The van der Waals surface area contributed by atoms with Crippen LogP contribution in [0.2, 0.25) is 0 Å². The molecule has 0 radical (unpaired) electrons. The maximum Gasteiger partial charge on any atom is 0.326 e. The lowest BCUT2D eigenvalue weighted by atomic mass is 9.97. The summed E-state index contributed by atoms with van der Waals surface area (Å²) in [5, 5.41) is 28.2. The molecule has 0 spiro atoms. The van der Waals surface area contributed by atoms with Gasteiger partial charge in [0.2, 0.25) is 17.7 Å². The number of carboxylic acids is 1. The van der Waals surface area contributed by atoms with Crippen molar-refractivity contribution in [3.63, 3.8) is 0 Å². The topological polar surface area (TPSA) is 251 Å². The third kappa shape index (κ3) is 10.2. The van der Waals surface area contributed by atoms with Crippen molar-refractivity contribution in [1.82, 2.24) is 20.9 Å². The number of carbonyl (C=O) groups is 4. The first-order chi connectivity index (χ1) is 21.9. The Balaban J connectivity index is 1.85. The van der Waals surface area contributed by atoms with Crippen molar-refractivity contribution in [1.29, 1.82) is 0 Å². The molecule has 5 unspecified atom stereocenters. The third-order valence-electron chi connectivity index (χ3n) is 7.82. The normalized spacial score (nSPS) is 14.3. The van der Waals surface area contributed by atoms with Crippen LogP contribution in [-0.2, 0) is 32.0 Å². The van der Waals surface area contributed by atoms with Crippen LogP contribution in [0.1, 0.15) is 44.2 Å². The molecule has 12 N–H and O–H groups in total. The van der Waals surface area contributed by atoms with E-state index in [4.69, 9.17) is 17.2 Å². The average molecular weight is 637 g/mol. The van der Waals surface area contributed by atoms with Crippen molar-refractivity contribution < 1.29 is 29.4 Å². The molecule has 14 heteroatoms. The maximum absolute atomic E-state index is 13.8. The molecule has 0 aliphatic rings. The lowest BCUT2D eigenvalue weighted by Crippen LogP contribution is -2.58. The molecule has 0 saturated heterocycles. The number of benzene rings is 2. The summed E-state index contributed by atoms with van der Waals surface area (Å²) in [4.78, 5) is 59.6. The Labute approximate surface area is 267 Å². The number of rotatable bonds is 17. The van der Waals surface area contributed by atoms with Crippen LogP contribution in [0.3, 0.4) is 0 Å². The summed E-state index contributed by atoms with van der Waals surface area (Å²) in [6, 6.07) is 9.21. The molecule has 1 aromatic heterocycles. The molecule has 0 aliphatic carbocycles. The van der Waals surface area contributed by atoms with Crippen molar-refractivity contribution >= 4 is 40.6 Å². The number of para-hydroxylation sites is 1. The van der Waals surface area contributed by atoms with Gasteiger partial charge in [-0.3, -0.25) is 19.4 Å². The number of aliphatic carboxylic acids is 1. The van der Waals surface area contributed by atoms with Gasteiger partial charge < -0.3 is 48.3 Å². The summed E-state index contributed by atoms with van der Waals surface area (Å²) in [7, 11) is 0. The van der Waals surface area contributed by atoms with Gasteiger partial charge in [0.05, 0.1) is 6.04 Å². The first-order valence-corrected chi connectivity index (χ1v) is 15.2. The van der Waals surface area contributed by atoms with E-state index >= 15 is 0 Å². The molecule has 14 nitrogen and oxygen atoms in total. The summed E-state index contributed by atoms with van der Waals surface area (Å²) < 4.78 is 0. The number of aromatic nitrogens is 1. The predicted molar refractivity (Wildman–Crippen MR) is 175 cm³/mol. The molecule has 3 aromatic rings. The standard InChI is InChI=1S/C32H44N8O6/c1-3-18(2)27(31(45)46)40-30(44)26(16-20-17-37-24-8-5-4-7-22(20)24)39-29(43)25(9-6-14-36-32(34)35)38-28(42)23(33)15-19-10-12-21(41)13-11-19/h4-5,7-8,10-13,17-18,23,25-27,37,41H,3,6,9,14-16,33H2,1-2H3,(H,38,42)(H,39,43)(H,40,44)(H,45,46)(H4,34,35,36). The summed E-state index contributed by atoms with van der Waals surface area (Å²) in [6.45, 7) is 3.73. The highest BCUT2D eigenvalue weighted by molar-refractivity contribution is 5.95. The molecule has 1 heterocycles. The largest absolute Gasteiger partial charge is 0.508 e. The van der Waals surface area contributed by atoms with Gasteiger partial charge in [-0.05, 0) is 54.5 Å². The van der Waals surface area contributed by atoms with Crippen LogP contribution < -0.4 is 33.2 Å². The highest BCUT2D eigenvalue weighted by atomic mass is 16.4. The van der Waals surface area contributed by atoms with Gasteiger partial charge >= 0.3 is 5.97 Å². The van der Waals surface area contributed by atoms with Gasteiger partial charge in [0.15, 0.2) is 5.96 Å². The van der Waals surface area contributed by atoms with Crippen molar-refractivity contribution in [2.75, 3.05) is 6.54 Å². The Morgan fingerprint density at radius 2 is 1.57 bits per heavy atom. The van der Waals surface area contributed by atoms with E-state index in [9.17, 15) is 29.4 Å². The van der Waals surface area contributed by atoms with Gasteiger partial charge in [-0.2, -0.15) is 0 Å². The minimum Gasteiger partial charge on any atom is -0.508 e. The number of nitrogens with zero attached hydrogens (tertiary/aromatic N) is 1. The van der Waals surface area contributed by atoms with Gasteiger partial charge in [-0.1, -0.05) is 50.6 Å². The fourth-order valence-corrected chi connectivity index (χ4v) is 4.97. The number of aromatic hydroxyl groups is 1. The first-order valence-electron chi connectivity index (χ1n) is 15.2. The SMILES string of the molecule is CCC(C)C(NC(=O)C(Cc1c[nH]c2ccccc12)NC(=O)C(CCCN=C(N)N)NC(=O)C(N)Cc1ccc(O)cc1)C(=O)O. The fourth-order valence-electron chi connectivity index (χ4n) is 4.97. The number of phenols is 1. The molecule has 248 valence electrons. The Hall–Kier alpha value is -5.11. The second-order valence-electron chi connectivity index (χ2n) is 11.3. The number of carboxylic acid groups (broad SMARTS) is 1. The number of carbonyl (C=O) groups excluding carboxylic acids is 3. The van der Waals surface area contributed by atoms with Crippen LogP contribution in [0.5, 0.6) is 5.75 Å². The molecule has 2 aromatic carbocycles. The average Bonchev–Trinajstić information content (AvgIpc) is 3.43. The molecular weight excluding hydrogens is 592 g/mol. The van der Waals surface area contributed by atoms with Crippen molar-refractivity contribution in [2.45, 2.75) is 70.1 Å². The van der Waals surface area contributed by atoms with Gasteiger partial charge in [0.25, 0.3) is 0 Å². The van der Waals surface area contributed by atoms with Crippen LogP contribution in [0.4, 0.5) is 0 Å². The quantitative estimate of drug-likeness (QED) is 0.0571. The Bertz CT molecular complexity index is 1520. The Morgan fingerprint density at radius 3 is 2.22 bits per heavy atom. The molecule has 0 saturated carbocycles. The van der Waals surface area contributed by atoms with Crippen LogP contribution in [0.15, 0.2) is 59.7 Å². The number of phenolic OH excluding ortho intramolecular Hbond substituents is 1. The van der Waals surface area contributed by atoms with Crippen molar-refractivity contribution in [3.05, 3.63) is 65.9 Å². The zero-order valence-electron chi connectivity index (χ0n) is 26.0. The number of hydrogen-bond donors (Lipinski definition) is 9. The van der Waals surface area contributed by atoms with E-state index in [1.165, 1.54) is 12.1 Å². The monoisotopic (exact) mass is 636 g/mol. The van der Waals surface area contributed by atoms with Crippen LogP contribution in [0, 0.1) is 5.92 Å². The van der Waals surface area contributed by atoms with Crippen molar-refractivity contribution in [3.8, 4) is 5.75 Å². The van der Waals surface area contributed by atoms with E-state index in [0.29, 0.717) is 18.4 Å². The van der Waals surface area contributed by atoms with Crippen molar-refractivity contribution in [2.24, 2.45) is 28.1 Å². The number of nitrogens with one attached hydrogen (secondary N) is 4. The highest BCUT2D eigenvalue weighted by Gasteiger charge is 2.32. The fraction of sp³-hybridized carbons (Fsp3) is 0.406. The highest BCUT2D eigenvalue weighted by Crippen LogP contribution is 2.20. The summed E-state index contributed by atoms with van der Waals surface area (Å²) >= 11 is 0. The molecule has 0 aliphatic heterocycles. The molecule has 3 amide bonds. The molecule has 3 rings (SSSR count). The summed E-state index contributed by atoms with van der Waals surface area (Å²) in [5.41, 5.74) is 19.3. The molecule has 0 bridgehead atoms. The lowest BCUT2D eigenvalue weighted by Gasteiger charge is -2.26. The molecular formula is C32H44N8O6. The number of amides is 3. The number of guanidine groups is 1.